The number of anilines is 2. The van der Waals surface area contributed by atoms with Gasteiger partial charge in [-0.15, -0.1) is 0 Å². The lowest BCUT2D eigenvalue weighted by molar-refractivity contribution is -0.115. The summed E-state index contributed by atoms with van der Waals surface area (Å²) in [5, 5.41) is 13.3. The van der Waals surface area contributed by atoms with Crippen LogP contribution in [0.25, 0.3) is 0 Å². The van der Waals surface area contributed by atoms with Crippen LogP contribution in [0.5, 0.6) is 5.75 Å². The highest BCUT2D eigenvalue weighted by molar-refractivity contribution is 5.99. The molecule has 4 rings (SSSR count). The van der Waals surface area contributed by atoms with Crippen molar-refractivity contribution in [3.63, 3.8) is 0 Å². The molecule has 2 aromatic carbocycles. The van der Waals surface area contributed by atoms with Gasteiger partial charge in [0.05, 0.1) is 6.42 Å². The molecule has 1 fully saturated rings. The van der Waals surface area contributed by atoms with Crippen LogP contribution in [0.2, 0.25) is 0 Å². The number of carbonyl (C=O) groups is 1. The predicted molar refractivity (Wildman–Crippen MR) is 124 cm³/mol. The molecular formula is C25H33N3O3. The molecule has 1 saturated heterocycles. The number of rotatable bonds is 9. The Morgan fingerprint density at radius 1 is 1.10 bits per heavy atom. The van der Waals surface area contributed by atoms with E-state index in [9.17, 15) is 9.90 Å². The number of aliphatic hydroxyl groups is 1. The lowest BCUT2D eigenvalue weighted by Crippen LogP contribution is -2.49. The highest BCUT2D eigenvalue weighted by atomic mass is 16.5. The number of aliphatic hydroxyl groups excluding tert-OH is 1. The van der Waals surface area contributed by atoms with E-state index in [0.717, 1.165) is 43.9 Å². The molecule has 0 unspecified atom stereocenters. The monoisotopic (exact) mass is 423 g/mol. The van der Waals surface area contributed by atoms with Gasteiger partial charge in [-0.25, -0.2) is 0 Å². The van der Waals surface area contributed by atoms with Crippen molar-refractivity contribution in [1.29, 1.82) is 0 Å². The van der Waals surface area contributed by atoms with Crippen molar-refractivity contribution < 1.29 is 14.6 Å². The van der Waals surface area contributed by atoms with E-state index in [4.69, 9.17) is 4.74 Å². The number of amides is 1. The number of hydrogen-bond acceptors (Lipinski definition) is 5. The van der Waals surface area contributed by atoms with Crippen LogP contribution in [0.3, 0.4) is 0 Å². The predicted octanol–water partition coefficient (Wildman–Crippen LogP) is 3.09. The van der Waals surface area contributed by atoms with Crippen molar-refractivity contribution in [2.45, 2.75) is 38.7 Å². The van der Waals surface area contributed by atoms with Gasteiger partial charge >= 0.3 is 0 Å². The van der Waals surface area contributed by atoms with Gasteiger partial charge in [-0.05, 0) is 54.3 Å². The highest BCUT2D eigenvalue weighted by Crippen LogP contribution is 2.27. The normalized spacial score (nSPS) is 17.4. The summed E-state index contributed by atoms with van der Waals surface area (Å²) in [6, 6.07) is 14.6. The Morgan fingerprint density at radius 2 is 1.87 bits per heavy atom. The molecule has 0 spiro atoms. The minimum atomic E-state index is -0.544. The van der Waals surface area contributed by atoms with E-state index in [1.54, 1.807) is 0 Å². The zero-order valence-electron chi connectivity index (χ0n) is 18.3. The highest BCUT2D eigenvalue weighted by Gasteiger charge is 2.21. The molecule has 2 N–H and O–H groups in total. The van der Waals surface area contributed by atoms with Crippen LogP contribution in [0.1, 0.15) is 30.9 Å². The van der Waals surface area contributed by atoms with Crippen molar-refractivity contribution in [1.82, 2.24) is 4.90 Å². The van der Waals surface area contributed by atoms with Crippen molar-refractivity contribution in [2.24, 2.45) is 0 Å². The maximum absolute atomic E-state index is 11.5. The number of carbonyl (C=O) groups excluding carboxylic acids is 1. The number of ether oxygens (including phenoxy) is 1. The molecule has 2 aromatic rings. The Balaban J connectivity index is 1.19. The molecule has 0 bridgehead atoms. The van der Waals surface area contributed by atoms with Gasteiger partial charge in [0, 0.05) is 44.1 Å². The third-order valence-electron chi connectivity index (χ3n) is 6.11. The number of unbranched alkanes of at least 4 members (excludes halogenated alkanes) is 1. The van der Waals surface area contributed by atoms with E-state index >= 15 is 0 Å². The van der Waals surface area contributed by atoms with Gasteiger partial charge in [0.1, 0.15) is 18.5 Å². The van der Waals surface area contributed by atoms with Gasteiger partial charge in [0.2, 0.25) is 5.91 Å². The molecule has 31 heavy (non-hydrogen) atoms. The molecule has 6 heteroatoms. The molecule has 0 radical (unpaired) electrons. The average Bonchev–Trinajstić information content (AvgIpc) is 3.16. The SMILES string of the molecule is CCCCc1ccc(N2CCN(C[C@@H](O)COc3ccc4c(c3)CC(=O)N4)CC2)cc1. The Labute approximate surface area is 184 Å². The number of benzene rings is 2. The first-order valence-electron chi connectivity index (χ1n) is 11.4. The van der Waals surface area contributed by atoms with E-state index in [1.165, 1.54) is 24.1 Å². The number of β-amino-alcohol motifs (C(OH)–C–C–N with tert-alkyl or cyclic N) is 1. The van der Waals surface area contributed by atoms with Gasteiger partial charge in [-0.1, -0.05) is 25.5 Å². The van der Waals surface area contributed by atoms with E-state index < -0.39 is 6.10 Å². The molecule has 2 aliphatic heterocycles. The van der Waals surface area contributed by atoms with E-state index in [0.29, 0.717) is 18.7 Å². The summed E-state index contributed by atoms with van der Waals surface area (Å²) in [5.41, 5.74) is 4.50. The van der Waals surface area contributed by atoms with Crippen molar-refractivity contribution >= 4 is 17.3 Å². The van der Waals surface area contributed by atoms with Crippen LogP contribution in [-0.4, -0.2) is 61.3 Å². The topological polar surface area (TPSA) is 65.0 Å². The molecule has 1 amide bonds. The lowest BCUT2D eigenvalue weighted by atomic mass is 10.1. The van der Waals surface area contributed by atoms with Gasteiger partial charge < -0.3 is 20.1 Å². The average molecular weight is 424 g/mol. The summed E-state index contributed by atoms with van der Waals surface area (Å²) in [6.07, 6.45) is 3.48. The van der Waals surface area contributed by atoms with Crippen LogP contribution in [0, 0.1) is 0 Å². The first-order valence-corrected chi connectivity index (χ1v) is 11.4. The third-order valence-corrected chi connectivity index (χ3v) is 6.11. The summed E-state index contributed by atoms with van der Waals surface area (Å²) < 4.78 is 5.77. The van der Waals surface area contributed by atoms with Crippen LogP contribution in [0.15, 0.2) is 42.5 Å². The number of aryl methyl sites for hydroxylation is 1. The second kappa shape index (κ2) is 10.2. The van der Waals surface area contributed by atoms with Gasteiger partial charge in [0.15, 0.2) is 0 Å². The van der Waals surface area contributed by atoms with E-state index in [-0.39, 0.29) is 12.5 Å². The van der Waals surface area contributed by atoms with Crippen molar-refractivity contribution in [3.8, 4) is 5.75 Å². The number of nitrogens with one attached hydrogen (secondary N) is 1. The quantitative estimate of drug-likeness (QED) is 0.649. The first-order chi connectivity index (χ1) is 15.1. The summed E-state index contributed by atoms with van der Waals surface area (Å²) in [4.78, 5) is 16.2. The summed E-state index contributed by atoms with van der Waals surface area (Å²) in [5.74, 6) is 0.709. The van der Waals surface area contributed by atoms with Crippen molar-refractivity contribution in [3.05, 3.63) is 53.6 Å². The zero-order valence-corrected chi connectivity index (χ0v) is 18.3. The fraction of sp³-hybridized carbons (Fsp3) is 0.480. The van der Waals surface area contributed by atoms with Gasteiger partial charge in [-0.3, -0.25) is 9.69 Å². The van der Waals surface area contributed by atoms with Crippen LogP contribution in [0.4, 0.5) is 11.4 Å². The molecule has 6 nitrogen and oxygen atoms in total. The van der Waals surface area contributed by atoms with Crippen LogP contribution >= 0.6 is 0 Å². The Bertz CT molecular complexity index is 876. The fourth-order valence-corrected chi connectivity index (χ4v) is 4.28. The van der Waals surface area contributed by atoms with E-state index in [2.05, 4.69) is 46.3 Å². The molecule has 2 heterocycles. The second-order valence-corrected chi connectivity index (χ2v) is 8.57. The first kappa shape index (κ1) is 21.7. The number of fused-ring (bicyclic) bond motifs is 1. The van der Waals surface area contributed by atoms with Crippen molar-refractivity contribution in [2.75, 3.05) is 49.5 Å². The molecular weight excluding hydrogens is 390 g/mol. The Hall–Kier alpha value is -2.57. The lowest BCUT2D eigenvalue weighted by Gasteiger charge is -2.37. The summed E-state index contributed by atoms with van der Waals surface area (Å²) >= 11 is 0. The van der Waals surface area contributed by atoms with Gasteiger partial charge in [-0.2, -0.15) is 0 Å². The Kier molecular flexibility index (Phi) is 7.10. The maximum Gasteiger partial charge on any atom is 0.228 e. The molecule has 166 valence electrons. The molecule has 1 atom stereocenters. The standard InChI is InChI=1S/C25H33N3O3/c1-2-3-4-19-5-7-21(8-6-19)28-13-11-27(12-14-28)17-22(29)18-31-23-9-10-24-20(15-23)16-25(30)26-24/h5-10,15,22,29H,2-4,11-14,16-18H2,1H3,(H,26,30)/t22-/m1/s1. The summed E-state index contributed by atoms with van der Waals surface area (Å²) in [6.45, 7) is 6.88. The maximum atomic E-state index is 11.5. The summed E-state index contributed by atoms with van der Waals surface area (Å²) in [7, 11) is 0. The number of piperazine rings is 1. The number of nitrogens with zero attached hydrogens (tertiary/aromatic N) is 2. The third kappa shape index (κ3) is 5.77. The number of hydrogen-bond donors (Lipinski definition) is 2. The smallest absolute Gasteiger partial charge is 0.228 e. The van der Waals surface area contributed by atoms with Crippen LogP contribution < -0.4 is 15.0 Å². The van der Waals surface area contributed by atoms with Gasteiger partial charge in [0.25, 0.3) is 0 Å². The molecule has 0 saturated carbocycles. The largest absolute Gasteiger partial charge is 0.491 e. The minimum Gasteiger partial charge on any atom is -0.491 e. The molecule has 0 aromatic heterocycles. The molecule has 2 aliphatic rings. The minimum absolute atomic E-state index is 0.0127. The molecule has 0 aliphatic carbocycles. The van der Waals surface area contributed by atoms with Crippen LogP contribution in [-0.2, 0) is 17.6 Å². The second-order valence-electron chi connectivity index (χ2n) is 8.57. The Morgan fingerprint density at radius 3 is 2.61 bits per heavy atom. The zero-order chi connectivity index (χ0) is 21.6. The fourth-order valence-electron chi connectivity index (χ4n) is 4.28. The van der Waals surface area contributed by atoms with E-state index in [1.807, 2.05) is 18.2 Å².